The monoisotopic (exact) mass is 292 g/mol. The van der Waals surface area contributed by atoms with E-state index in [1.54, 1.807) is 18.2 Å². The number of anilines is 2. The lowest BCUT2D eigenvalue weighted by molar-refractivity contribution is -0.154. The molecule has 1 aromatic carbocycles. The van der Waals surface area contributed by atoms with Gasteiger partial charge in [-0.3, -0.25) is 0 Å². The zero-order valence-electron chi connectivity index (χ0n) is 13.1. The van der Waals surface area contributed by atoms with Crippen LogP contribution in [0.15, 0.2) is 30.9 Å². The van der Waals surface area contributed by atoms with Crippen LogP contribution in [0.1, 0.15) is 34.1 Å². The first-order valence-electron chi connectivity index (χ1n) is 6.74. The summed E-state index contributed by atoms with van der Waals surface area (Å²) in [6.07, 6.45) is 1.64. The van der Waals surface area contributed by atoms with E-state index in [0.717, 1.165) is 6.08 Å². The number of nitrogens with two attached hydrogens (primary N) is 2. The van der Waals surface area contributed by atoms with Crippen LogP contribution in [0, 0.1) is 0 Å². The summed E-state index contributed by atoms with van der Waals surface area (Å²) in [5, 5.41) is 0. The molecule has 0 atom stereocenters. The van der Waals surface area contributed by atoms with Gasteiger partial charge in [-0.1, -0.05) is 6.58 Å². The number of carbonyl (C=O) groups excluding carboxylic acids is 1. The zero-order valence-corrected chi connectivity index (χ0v) is 13.1. The van der Waals surface area contributed by atoms with Gasteiger partial charge < -0.3 is 20.9 Å². The molecule has 5 heteroatoms. The van der Waals surface area contributed by atoms with Gasteiger partial charge in [0.25, 0.3) is 0 Å². The van der Waals surface area contributed by atoms with E-state index in [-0.39, 0.29) is 0 Å². The molecule has 5 nitrogen and oxygen atoms in total. The molecule has 0 radical (unpaired) electrons. The van der Waals surface area contributed by atoms with Crippen molar-refractivity contribution in [1.82, 2.24) is 0 Å². The molecule has 0 unspecified atom stereocenters. The van der Waals surface area contributed by atoms with Crippen LogP contribution >= 0.6 is 0 Å². The third-order valence-corrected chi connectivity index (χ3v) is 2.82. The summed E-state index contributed by atoms with van der Waals surface area (Å²) in [5.41, 5.74) is 11.4. The molecule has 0 spiro atoms. The molecule has 116 valence electrons. The highest BCUT2D eigenvalue weighted by Crippen LogP contribution is 2.32. The predicted molar refractivity (Wildman–Crippen MR) is 85.0 cm³/mol. The van der Waals surface area contributed by atoms with E-state index < -0.39 is 17.2 Å². The molecule has 1 rings (SSSR count). The number of hydrogen-bond donors (Lipinski definition) is 2. The quantitative estimate of drug-likeness (QED) is 0.478. The first-order valence-corrected chi connectivity index (χ1v) is 6.74. The van der Waals surface area contributed by atoms with E-state index >= 15 is 0 Å². The van der Waals surface area contributed by atoms with Gasteiger partial charge in [0.2, 0.25) is 0 Å². The largest absolute Gasteiger partial charge is 0.486 e. The molecule has 4 N–H and O–H groups in total. The van der Waals surface area contributed by atoms with E-state index in [0.29, 0.717) is 23.5 Å². The molecular weight excluding hydrogens is 268 g/mol. The van der Waals surface area contributed by atoms with Crippen molar-refractivity contribution in [2.24, 2.45) is 0 Å². The lowest BCUT2D eigenvalue weighted by Gasteiger charge is -2.35. The maximum absolute atomic E-state index is 11.3. The van der Waals surface area contributed by atoms with Crippen molar-refractivity contribution in [3.63, 3.8) is 0 Å². The van der Waals surface area contributed by atoms with Crippen molar-refractivity contribution >= 4 is 17.3 Å². The second-order valence-corrected chi connectivity index (χ2v) is 6.22. The van der Waals surface area contributed by atoms with Gasteiger partial charge in [0.1, 0.15) is 17.0 Å². The summed E-state index contributed by atoms with van der Waals surface area (Å²) in [4.78, 5) is 11.3. The highest BCUT2D eigenvalue weighted by Gasteiger charge is 2.33. The summed E-state index contributed by atoms with van der Waals surface area (Å²) in [7, 11) is 0. The predicted octanol–water partition coefficient (Wildman–Crippen LogP) is 2.91. The third-order valence-electron chi connectivity index (χ3n) is 2.82. The standard InChI is InChI=1S/C16H24N2O3/c1-6-14(19)21-16(4,5)10-15(2,3)20-13-8-7-11(17)9-12(13)18/h6-9H,1,10,17-18H2,2-5H3. The Labute approximate surface area is 125 Å². The Morgan fingerprint density at radius 3 is 2.38 bits per heavy atom. The van der Waals surface area contributed by atoms with Crippen LogP contribution in [0.25, 0.3) is 0 Å². The van der Waals surface area contributed by atoms with E-state index in [4.69, 9.17) is 20.9 Å². The van der Waals surface area contributed by atoms with Gasteiger partial charge in [0.15, 0.2) is 0 Å². The number of esters is 1. The summed E-state index contributed by atoms with van der Waals surface area (Å²) in [6, 6.07) is 5.11. The van der Waals surface area contributed by atoms with E-state index in [9.17, 15) is 4.79 Å². The van der Waals surface area contributed by atoms with Crippen molar-refractivity contribution in [2.45, 2.75) is 45.3 Å². The SMILES string of the molecule is C=CC(=O)OC(C)(C)CC(C)(C)Oc1ccc(N)cc1N. The number of rotatable bonds is 6. The summed E-state index contributed by atoms with van der Waals surface area (Å²) in [5.74, 6) is 0.0999. The molecule has 0 saturated heterocycles. The molecule has 0 aliphatic carbocycles. The minimum atomic E-state index is -0.683. The molecule has 0 bridgehead atoms. The van der Waals surface area contributed by atoms with Crippen LogP contribution in [0.3, 0.4) is 0 Å². The van der Waals surface area contributed by atoms with Crippen molar-refractivity contribution < 1.29 is 14.3 Å². The number of hydrogen-bond acceptors (Lipinski definition) is 5. The average Bonchev–Trinajstić information content (AvgIpc) is 2.30. The van der Waals surface area contributed by atoms with E-state index in [1.165, 1.54) is 0 Å². The fourth-order valence-electron chi connectivity index (χ4n) is 2.37. The lowest BCUT2D eigenvalue weighted by Crippen LogP contribution is -2.40. The minimum absolute atomic E-state index is 0.456. The molecule has 0 aliphatic heterocycles. The van der Waals surface area contributed by atoms with E-state index in [2.05, 4.69) is 6.58 Å². The summed E-state index contributed by atoms with van der Waals surface area (Å²) in [6.45, 7) is 10.9. The van der Waals surface area contributed by atoms with Gasteiger partial charge in [-0.15, -0.1) is 0 Å². The molecule has 0 amide bonds. The maximum Gasteiger partial charge on any atom is 0.330 e. The second kappa shape index (κ2) is 6.08. The Kier molecular flexibility index (Phi) is 4.88. The number of carbonyl (C=O) groups is 1. The molecule has 0 aromatic heterocycles. The lowest BCUT2D eigenvalue weighted by atomic mass is 9.92. The summed E-state index contributed by atoms with van der Waals surface area (Å²) >= 11 is 0. The zero-order chi connectivity index (χ0) is 16.3. The van der Waals surface area contributed by atoms with Crippen LogP contribution in [0.5, 0.6) is 5.75 Å². The van der Waals surface area contributed by atoms with Gasteiger partial charge in [-0.2, -0.15) is 0 Å². The Hall–Kier alpha value is -2.17. The number of nitrogen functional groups attached to an aromatic ring is 2. The Morgan fingerprint density at radius 1 is 1.24 bits per heavy atom. The molecule has 0 aliphatic rings. The number of benzene rings is 1. The van der Waals surface area contributed by atoms with Crippen molar-refractivity contribution in [2.75, 3.05) is 11.5 Å². The van der Waals surface area contributed by atoms with Crippen LogP contribution < -0.4 is 16.2 Å². The van der Waals surface area contributed by atoms with Crippen molar-refractivity contribution in [3.05, 3.63) is 30.9 Å². The number of ether oxygens (including phenoxy) is 2. The molecule has 0 heterocycles. The molecule has 0 saturated carbocycles. The first-order chi connectivity index (χ1) is 9.54. The fourth-order valence-corrected chi connectivity index (χ4v) is 2.37. The summed E-state index contributed by atoms with van der Waals surface area (Å²) < 4.78 is 11.3. The molecule has 0 fully saturated rings. The smallest absolute Gasteiger partial charge is 0.330 e. The van der Waals surface area contributed by atoms with Crippen LogP contribution in [-0.4, -0.2) is 17.2 Å². The topological polar surface area (TPSA) is 87.6 Å². The van der Waals surface area contributed by atoms with Crippen molar-refractivity contribution in [1.29, 1.82) is 0 Å². The van der Waals surface area contributed by atoms with Gasteiger partial charge >= 0.3 is 5.97 Å². The highest BCUT2D eigenvalue weighted by atomic mass is 16.6. The third kappa shape index (κ3) is 5.38. The molecule has 1 aromatic rings. The van der Waals surface area contributed by atoms with Crippen LogP contribution in [0.4, 0.5) is 11.4 Å². The van der Waals surface area contributed by atoms with E-state index in [1.807, 2.05) is 27.7 Å². The Morgan fingerprint density at radius 2 is 1.86 bits per heavy atom. The highest BCUT2D eigenvalue weighted by molar-refractivity contribution is 5.81. The molecule has 21 heavy (non-hydrogen) atoms. The normalized spacial score (nSPS) is 11.8. The van der Waals surface area contributed by atoms with Crippen LogP contribution in [-0.2, 0) is 9.53 Å². The van der Waals surface area contributed by atoms with Crippen molar-refractivity contribution in [3.8, 4) is 5.75 Å². The van der Waals surface area contributed by atoms with Gasteiger partial charge in [-0.25, -0.2) is 4.79 Å². The molecular formula is C16H24N2O3. The first kappa shape index (κ1) is 16.9. The minimum Gasteiger partial charge on any atom is -0.486 e. The van der Waals surface area contributed by atoms with Gasteiger partial charge in [-0.05, 0) is 45.9 Å². The Balaban J connectivity index is 2.81. The van der Waals surface area contributed by atoms with Gasteiger partial charge in [0, 0.05) is 18.2 Å². The maximum atomic E-state index is 11.3. The van der Waals surface area contributed by atoms with Crippen LogP contribution in [0.2, 0.25) is 0 Å². The fraction of sp³-hybridized carbons (Fsp3) is 0.438. The van der Waals surface area contributed by atoms with Gasteiger partial charge in [0.05, 0.1) is 5.69 Å². The average molecular weight is 292 g/mol. The second-order valence-electron chi connectivity index (χ2n) is 6.22. The Bertz CT molecular complexity index is 536.